The first-order chi connectivity index (χ1) is 4.41. The van der Waals surface area contributed by atoms with Crippen molar-refractivity contribution in [2.75, 3.05) is 6.61 Å². The molecule has 51 valence electrons. The maximum atomic E-state index is 4.68. The van der Waals surface area contributed by atoms with Crippen LogP contribution in [0.2, 0.25) is 0 Å². The zero-order valence-corrected chi connectivity index (χ0v) is 5.76. The minimum absolute atomic E-state index is 0.469. The fraction of sp³-hybridized carbons (Fsp3) is 0.571. The van der Waals surface area contributed by atoms with Gasteiger partial charge in [-0.2, -0.15) is 0 Å². The molecule has 0 aromatic heterocycles. The molecule has 0 unspecified atom stereocenters. The Morgan fingerprint density at radius 3 is 3.11 bits per heavy atom. The van der Waals surface area contributed by atoms with Gasteiger partial charge in [-0.3, -0.25) is 0 Å². The van der Waals surface area contributed by atoms with Crippen molar-refractivity contribution < 1.29 is 4.84 Å². The molecule has 0 saturated heterocycles. The van der Waals surface area contributed by atoms with Crippen molar-refractivity contribution in [1.82, 2.24) is 0 Å². The Bertz CT molecular complexity index is 88.9. The maximum Gasteiger partial charge on any atom is 0.135 e. The molecule has 0 amide bonds. The molecule has 0 atom stereocenters. The molecule has 0 spiro atoms. The van der Waals surface area contributed by atoms with Gasteiger partial charge in [0, 0.05) is 0 Å². The van der Waals surface area contributed by atoms with Crippen LogP contribution in [0.1, 0.15) is 19.8 Å². The summed E-state index contributed by atoms with van der Waals surface area (Å²) in [5, 5.41) is 3.53. The van der Waals surface area contributed by atoms with Crippen molar-refractivity contribution in [2.45, 2.75) is 19.8 Å². The van der Waals surface area contributed by atoms with Gasteiger partial charge in [-0.1, -0.05) is 31.2 Å². The predicted molar refractivity (Wildman–Crippen MR) is 38.5 cm³/mol. The summed E-state index contributed by atoms with van der Waals surface area (Å²) < 4.78 is 0. The third kappa shape index (κ3) is 7.21. The van der Waals surface area contributed by atoms with Crippen LogP contribution in [0.5, 0.6) is 0 Å². The van der Waals surface area contributed by atoms with E-state index in [1.165, 1.54) is 0 Å². The van der Waals surface area contributed by atoms with E-state index in [0.29, 0.717) is 6.61 Å². The molecule has 9 heavy (non-hydrogen) atoms. The Kier molecular flexibility index (Phi) is 6.58. The van der Waals surface area contributed by atoms with E-state index < -0.39 is 0 Å². The second-order valence-electron chi connectivity index (χ2n) is 1.58. The Morgan fingerprint density at radius 1 is 1.78 bits per heavy atom. The van der Waals surface area contributed by atoms with E-state index in [0.717, 1.165) is 12.8 Å². The molecule has 0 N–H and O–H groups in total. The van der Waals surface area contributed by atoms with Crippen LogP contribution in [0.25, 0.3) is 0 Å². The highest BCUT2D eigenvalue weighted by molar-refractivity contribution is 5.55. The third-order valence-corrected chi connectivity index (χ3v) is 0.683. The first-order valence-electron chi connectivity index (χ1n) is 3.07. The molecule has 0 heterocycles. The Hall–Kier alpha value is -0.790. The van der Waals surface area contributed by atoms with Gasteiger partial charge in [-0.15, -0.1) is 0 Å². The Morgan fingerprint density at radius 2 is 2.56 bits per heavy atom. The highest BCUT2D eigenvalue weighted by Crippen LogP contribution is 1.81. The Labute approximate surface area is 56.2 Å². The van der Waals surface area contributed by atoms with Crippen LogP contribution in [0.15, 0.2) is 17.8 Å². The van der Waals surface area contributed by atoms with Gasteiger partial charge in [0.1, 0.15) is 12.8 Å². The first-order valence-corrected chi connectivity index (χ1v) is 3.07. The quantitative estimate of drug-likeness (QED) is 0.238. The van der Waals surface area contributed by atoms with Crippen molar-refractivity contribution in [3.63, 3.8) is 0 Å². The van der Waals surface area contributed by atoms with E-state index in [1.54, 1.807) is 6.08 Å². The smallest absolute Gasteiger partial charge is 0.135 e. The normalized spacial score (nSPS) is 9.89. The van der Waals surface area contributed by atoms with Crippen molar-refractivity contribution in [3.8, 4) is 0 Å². The molecule has 0 aliphatic heterocycles. The van der Waals surface area contributed by atoms with E-state index in [-0.39, 0.29) is 0 Å². The number of rotatable bonds is 5. The van der Waals surface area contributed by atoms with Gasteiger partial charge in [0.2, 0.25) is 0 Å². The van der Waals surface area contributed by atoms with Gasteiger partial charge in [0.15, 0.2) is 0 Å². The maximum absolute atomic E-state index is 4.68. The third-order valence-electron chi connectivity index (χ3n) is 0.683. The highest BCUT2D eigenvalue weighted by atomic mass is 16.6. The lowest BCUT2D eigenvalue weighted by molar-refractivity contribution is 0.176. The van der Waals surface area contributed by atoms with Crippen molar-refractivity contribution in [1.29, 1.82) is 0 Å². The largest absolute Gasteiger partial charge is 0.391 e. The lowest BCUT2D eigenvalue weighted by Gasteiger charge is -1.88. The molecule has 0 bridgehead atoms. The minimum Gasteiger partial charge on any atom is -0.391 e. The van der Waals surface area contributed by atoms with Crippen LogP contribution in [0.3, 0.4) is 0 Å². The summed E-state index contributed by atoms with van der Waals surface area (Å²) >= 11 is 0. The molecule has 1 radical (unpaired) electrons. The van der Waals surface area contributed by atoms with Gasteiger partial charge in [-0.25, -0.2) is 0 Å². The van der Waals surface area contributed by atoms with Crippen LogP contribution in [0.4, 0.5) is 0 Å². The SMILES string of the molecule is C=CCO/N=[C]\CCC. The van der Waals surface area contributed by atoms with Gasteiger partial charge in [0.25, 0.3) is 0 Å². The fourth-order valence-electron chi connectivity index (χ4n) is 0.293. The number of nitrogens with zero attached hydrogens (tertiary/aromatic N) is 1. The molecule has 0 aromatic carbocycles. The van der Waals surface area contributed by atoms with Crippen LogP contribution in [0, 0.1) is 0 Å². The van der Waals surface area contributed by atoms with Crippen molar-refractivity contribution >= 4 is 6.21 Å². The van der Waals surface area contributed by atoms with Crippen LogP contribution < -0.4 is 0 Å². The topological polar surface area (TPSA) is 21.6 Å². The summed E-state index contributed by atoms with van der Waals surface area (Å²) in [5.41, 5.74) is 0. The molecule has 0 saturated carbocycles. The monoisotopic (exact) mass is 126 g/mol. The molecule has 0 rings (SSSR count). The predicted octanol–water partition coefficient (Wildman–Crippen LogP) is 1.85. The summed E-state index contributed by atoms with van der Waals surface area (Å²) in [6, 6.07) is 0. The summed E-state index contributed by atoms with van der Waals surface area (Å²) in [7, 11) is 0. The van der Waals surface area contributed by atoms with E-state index in [1.807, 2.05) is 0 Å². The van der Waals surface area contributed by atoms with Gasteiger partial charge in [-0.05, 0) is 6.42 Å². The Balaban J connectivity index is 2.94. The lowest BCUT2D eigenvalue weighted by atomic mass is 10.4. The van der Waals surface area contributed by atoms with Gasteiger partial charge < -0.3 is 4.84 Å². The van der Waals surface area contributed by atoms with Gasteiger partial charge >= 0.3 is 0 Å². The molecule has 2 heteroatoms. The molecule has 0 aliphatic carbocycles. The van der Waals surface area contributed by atoms with E-state index in [4.69, 9.17) is 0 Å². The molecule has 0 aromatic rings. The van der Waals surface area contributed by atoms with Crippen LogP contribution in [-0.2, 0) is 4.84 Å². The second-order valence-corrected chi connectivity index (χ2v) is 1.58. The summed E-state index contributed by atoms with van der Waals surface area (Å²) in [6.07, 6.45) is 6.29. The molecular weight excluding hydrogens is 114 g/mol. The number of unbranched alkanes of at least 4 members (excludes halogenated alkanes) is 1. The lowest BCUT2D eigenvalue weighted by Crippen LogP contribution is -1.81. The standard InChI is InChI=1S/C7H12NO/c1-3-5-6-8-9-7-4-2/h4H,2-3,5,7H2,1H3. The second kappa shape index (κ2) is 7.21. The molecular formula is C7H12NO. The van der Waals surface area contributed by atoms with Crippen LogP contribution in [-0.4, -0.2) is 12.8 Å². The van der Waals surface area contributed by atoms with Crippen molar-refractivity contribution in [2.24, 2.45) is 5.16 Å². The minimum atomic E-state index is 0.469. The average Bonchev–Trinajstić information content (AvgIpc) is 1.89. The zero-order chi connectivity index (χ0) is 6.95. The van der Waals surface area contributed by atoms with Gasteiger partial charge in [0.05, 0.1) is 0 Å². The van der Waals surface area contributed by atoms with E-state index in [2.05, 4.69) is 29.7 Å². The fourth-order valence-corrected chi connectivity index (χ4v) is 0.293. The summed E-state index contributed by atoms with van der Waals surface area (Å²) in [5.74, 6) is 0. The average molecular weight is 126 g/mol. The van der Waals surface area contributed by atoms with Crippen LogP contribution >= 0.6 is 0 Å². The number of hydrogen-bond acceptors (Lipinski definition) is 2. The molecule has 0 fully saturated rings. The molecule has 2 nitrogen and oxygen atoms in total. The summed E-state index contributed by atoms with van der Waals surface area (Å²) in [6.45, 7) is 6.00. The zero-order valence-electron chi connectivity index (χ0n) is 5.76. The van der Waals surface area contributed by atoms with E-state index >= 15 is 0 Å². The molecule has 0 aliphatic rings. The van der Waals surface area contributed by atoms with E-state index in [9.17, 15) is 0 Å². The summed E-state index contributed by atoms with van der Waals surface area (Å²) in [4.78, 5) is 4.68. The van der Waals surface area contributed by atoms with Crippen molar-refractivity contribution in [3.05, 3.63) is 12.7 Å². The first kappa shape index (κ1) is 8.21. The number of hydrogen-bond donors (Lipinski definition) is 0. The highest BCUT2D eigenvalue weighted by Gasteiger charge is 1.74.